The molecule has 1 unspecified atom stereocenters. The standard InChI is InChI=1S/C13H27NO2/c1-11-4-6-13(7-5-11)14-12(2)10-16-9-8-15-3/h11-14H,4-10H2,1-3H3. The molecule has 3 nitrogen and oxygen atoms in total. The molecular formula is C13H27NO2. The molecule has 1 N–H and O–H groups in total. The van der Waals surface area contributed by atoms with E-state index in [-0.39, 0.29) is 0 Å². The van der Waals surface area contributed by atoms with E-state index in [9.17, 15) is 0 Å². The van der Waals surface area contributed by atoms with Crippen molar-refractivity contribution in [1.29, 1.82) is 0 Å². The summed E-state index contributed by atoms with van der Waals surface area (Å²) >= 11 is 0. The molecule has 0 heterocycles. The Bertz CT molecular complexity index is 167. The van der Waals surface area contributed by atoms with Gasteiger partial charge in [-0.1, -0.05) is 6.92 Å². The summed E-state index contributed by atoms with van der Waals surface area (Å²) in [6.45, 7) is 6.73. The van der Waals surface area contributed by atoms with Crippen LogP contribution in [-0.4, -0.2) is 39.0 Å². The quantitative estimate of drug-likeness (QED) is 0.679. The zero-order valence-corrected chi connectivity index (χ0v) is 11.0. The third-order valence-electron chi connectivity index (χ3n) is 3.34. The largest absolute Gasteiger partial charge is 0.382 e. The van der Waals surface area contributed by atoms with Crippen LogP contribution in [0.5, 0.6) is 0 Å². The van der Waals surface area contributed by atoms with E-state index in [4.69, 9.17) is 9.47 Å². The summed E-state index contributed by atoms with van der Waals surface area (Å²) in [6.07, 6.45) is 5.39. The fourth-order valence-corrected chi connectivity index (χ4v) is 2.28. The molecule has 0 aromatic rings. The number of nitrogens with one attached hydrogen (secondary N) is 1. The van der Waals surface area contributed by atoms with E-state index < -0.39 is 0 Å². The second-order valence-corrected chi connectivity index (χ2v) is 5.09. The minimum absolute atomic E-state index is 0.454. The van der Waals surface area contributed by atoms with Crippen LogP contribution < -0.4 is 5.32 Å². The van der Waals surface area contributed by atoms with E-state index in [1.54, 1.807) is 7.11 Å². The zero-order chi connectivity index (χ0) is 11.8. The monoisotopic (exact) mass is 229 g/mol. The van der Waals surface area contributed by atoms with Crippen LogP contribution >= 0.6 is 0 Å². The van der Waals surface area contributed by atoms with Crippen molar-refractivity contribution in [1.82, 2.24) is 5.32 Å². The second-order valence-electron chi connectivity index (χ2n) is 5.09. The van der Waals surface area contributed by atoms with Gasteiger partial charge in [0, 0.05) is 19.2 Å². The van der Waals surface area contributed by atoms with Gasteiger partial charge in [0.15, 0.2) is 0 Å². The van der Waals surface area contributed by atoms with Crippen LogP contribution in [0.1, 0.15) is 39.5 Å². The molecule has 1 atom stereocenters. The van der Waals surface area contributed by atoms with Crippen LogP contribution in [0.3, 0.4) is 0 Å². The molecule has 1 fully saturated rings. The summed E-state index contributed by atoms with van der Waals surface area (Å²) in [5, 5.41) is 3.65. The van der Waals surface area contributed by atoms with Gasteiger partial charge >= 0.3 is 0 Å². The summed E-state index contributed by atoms with van der Waals surface area (Å²) in [6, 6.07) is 1.16. The molecule has 0 aromatic carbocycles. The Labute approximate surface area is 99.9 Å². The molecule has 1 aliphatic rings. The highest BCUT2D eigenvalue weighted by Crippen LogP contribution is 2.23. The molecular weight excluding hydrogens is 202 g/mol. The Morgan fingerprint density at radius 3 is 2.50 bits per heavy atom. The first-order valence-corrected chi connectivity index (χ1v) is 6.55. The molecule has 0 aromatic heterocycles. The lowest BCUT2D eigenvalue weighted by Gasteiger charge is -2.29. The van der Waals surface area contributed by atoms with E-state index >= 15 is 0 Å². The molecule has 3 heteroatoms. The normalized spacial score (nSPS) is 27.9. The molecule has 1 aliphatic carbocycles. The SMILES string of the molecule is COCCOCC(C)NC1CCC(C)CC1. The van der Waals surface area contributed by atoms with Gasteiger partial charge < -0.3 is 14.8 Å². The highest BCUT2D eigenvalue weighted by Gasteiger charge is 2.19. The first kappa shape index (κ1) is 13.9. The molecule has 0 saturated heterocycles. The van der Waals surface area contributed by atoms with Gasteiger partial charge in [-0.05, 0) is 38.5 Å². The fraction of sp³-hybridized carbons (Fsp3) is 1.00. The number of hydrogen-bond acceptors (Lipinski definition) is 3. The Morgan fingerprint density at radius 1 is 1.19 bits per heavy atom. The Kier molecular flexibility index (Phi) is 7.01. The maximum atomic E-state index is 5.51. The van der Waals surface area contributed by atoms with E-state index in [0.717, 1.165) is 12.5 Å². The molecule has 0 spiro atoms. The van der Waals surface area contributed by atoms with Crippen molar-refractivity contribution in [3.63, 3.8) is 0 Å². The van der Waals surface area contributed by atoms with Gasteiger partial charge in [0.25, 0.3) is 0 Å². The number of hydrogen-bond donors (Lipinski definition) is 1. The van der Waals surface area contributed by atoms with Crippen molar-refractivity contribution >= 4 is 0 Å². The molecule has 0 bridgehead atoms. The molecule has 1 rings (SSSR count). The summed E-state index contributed by atoms with van der Waals surface area (Å²) in [5.74, 6) is 0.923. The van der Waals surface area contributed by atoms with E-state index in [2.05, 4.69) is 19.2 Å². The third-order valence-corrected chi connectivity index (χ3v) is 3.34. The lowest BCUT2D eigenvalue weighted by molar-refractivity contribution is 0.0582. The topological polar surface area (TPSA) is 30.5 Å². The van der Waals surface area contributed by atoms with Gasteiger partial charge in [0.2, 0.25) is 0 Å². The van der Waals surface area contributed by atoms with Crippen molar-refractivity contribution in [2.24, 2.45) is 5.92 Å². The minimum atomic E-state index is 0.454. The fourth-order valence-electron chi connectivity index (χ4n) is 2.28. The summed E-state index contributed by atoms with van der Waals surface area (Å²) in [4.78, 5) is 0. The smallest absolute Gasteiger partial charge is 0.0701 e. The van der Waals surface area contributed by atoms with Crippen LogP contribution in [0.4, 0.5) is 0 Å². The Morgan fingerprint density at radius 2 is 1.88 bits per heavy atom. The van der Waals surface area contributed by atoms with Gasteiger partial charge in [-0.2, -0.15) is 0 Å². The van der Waals surface area contributed by atoms with Gasteiger partial charge in [-0.15, -0.1) is 0 Å². The van der Waals surface area contributed by atoms with E-state index in [1.165, 1.54) is 25.7 Å². The maximum Gasteiger partial charge on any atom is 0.0701 e. The zero-order valence-electron chi connectivity index (χ0n) is 11.0. The second kappa shape index (κ2) is 8.04. The van der Waals surface area contributed by atoms with E-state index in [1.807, 2.05) is 0 Å². The van der Waals surface area contributed by atoms with Crippen LogP contribution in [0.2, 0.25) is 0 Å². The highest BCUT2D eigenvalue weighted by molar-refractivity contribution is 4.77. The first-order valence-electron chi connectivity index (χ1n) is 6.55. The molecule has 0 radical (unpaired) electrons. The van der Waals surface area contributed by atoms with Crippen molar-refractivity contribution in [3.05, 3.63) is 0 Å². The van der Waals surface area contributed by atoms with Gasteiger partial charge in [-0.25, -0.2) is 0 Å². The third kappa shape index (κ3) is 5.83. The number of rotatable bonds is 7. The molecule has 0 aliphatic heterocycles. The van der Waals surface area contributed by atoms with Crippen LogP contribution in [0.15, 0.2) is 0 Å². The Balaban J connectivity index is 2.02. The summed E-state index contributed by atoms with van der Waals surface area (Å²) in [5.41, 5.74) is 0. The molecule has 96 valence electrons. The number of ether oxygens (including phenoxy) is 2. The molecule has 16 heavy (non-hydrogen) atoms. The van der Waals surface area contributed by atoms with E-state index in [0.29, 0.717) is 25.3 Å². The van der Waals surface area contributed by atoms with Crippen molar-refractivity contribution in [2.45, 2.75) is 51.6 Å². The number of methoxy groups -OCH3 is 1. The lowest BCUT2D eigenvalue weighted by atomic mass is 9.87. The van der Waals surface area contributed by atoms with Crippen LogP contribution in [0, 0.1) is 5.92 Å². The van der Waals surface area contributed by atoms with Crippen LogP contribution in [-0.2, 0) is 9.47 Å². The van der Waals surface area contributed by atoms with Crippen LogP contribution in [0.25, 0.3) is 0 Å². The average Bonchev–Trinajstić information content (AvgIpc) is 2.28. The Hall–Kier alpha value is -0.120. The summed E-state index contributed by atoms with van der Waals surface area (Å²) < 4.78 is 10.5. The minimum Gasteiger partial charge on any atom is -0.382 e. The van der Waals surface area contributed by atoms with Gasteiger partial charge in [-0.3, -0.25) is 0 Å². The summed E-state index contributed by atoms with van der Waals surface area (Å²) in [7, 11) is 1.70. The van der Waals surface area contributed by atoms with Gasteiger partial charge in [0.1, 0.15) is 0 Å². The highest BCUT2D eigenvalue weighted by atomic mass is 16.5. The van der Waals surface area contributed by atoms with Crippen molar-refractivity contribution < 1.29 is 9.47 Å². The first-order chi connectivity index (χ1) is 7.72. The lowest BCUT2D eigenvalue weighted by Crippen LogP contribution is -2.41. The molecule has 0 amide bonds. The maximum absolute atomic E-state index is 5.51. The van der Waals surface area contributed by atoms with Gasteiger partial charge in [0.05, 0.1) is 19.8 Å². The van der Waals surface area contributed by atoms with Crippen molar-refractivity contribution in [3.8, 4) is 0 Å². The predicted molar refractivity (Wildman–Crippen MR) is 66.7 cm³/mol. The molecule has 1 saturated carbocycles. The average molecular weight is 229 g/mol. The predicted octanol–water partition coefficient (Wildman–Crippen LogP) is 2.21. The van der Waals surface area contributed by atoms with Crippen molar-refractivity contribution in [2.75, 3.05) is 26.9 Å².